The summed E-state index contributed by atoms with van der Waals surface area (Å²) in [5, 5.41) is 24.5. The fourth-order valence-electron chi connectivity index (χ4n) is 1.60. The summed E-state index contributed by atoms with van der Waals surface area (Å²) in [5.41, 5.74) is 2.69. The van der Waals surface area contributed by atoms with Crippen LogP contribution in [0.2, 0.25) is 0 Å². The molecule has 0 fully saturated rings. The van der Waals surface area contributed by atoms with Crippen molar-refractivity contribution in [3.8, 4) is 11.5 Å². The lowest BCUT2D eigenvalue weighted by atomic mass is 10.2. The second kappa shape index (κ2) is 6.33. The molecule has 2 aromatic rings. The molecule has 2 N–H and O–H groups in total. The highest BCUT2D eigenvalue weighted by atomic mass is 16.6. The van der Waals surface area contributed by atoms with Crippen molar-refractivity contribution in [3.05, 3.63) is 52.2 Å². The first kappa shape index (κ1) is 14.3. The molecule has 8 nitrogen and oxygen atoms in total. The maximum absolute atomic E-state index is 10.8. The second-order valence-electron chi connectivity index (χ2n) is 3.90. The molecule has 0 aliphatic heterocycles. The first-order chi connectivity index (χ1) is 10.1. The third kappa shape index (κ3) is 3.24. The first-order valence-electron chi connectivity index (χ1n) is 5.88. The van der Waals surface area contributed by atoms with E-state index in [-0.39, 0.29) is 17.3 Å². The van der Waals surface area contributed by atoms with Gasteiger partial charge in [-0.1, -0.05) is 6.07 Å². The van der Waals surface area contributed by atoms with Crippen LogP contribution >= 0.6 is 0 Å². The summed E-state index contributed by atoms with van der Waals surface area (Å²) in [6.07, 6.45) is 2.73. The van der Waals surface area contributed by atoms with Crippen LogP contribution in [0.25, 0.3) is 0 Å². The summed E-state index contributed by atoms with van der Waals surface area (Å²) < 4.78 is 4.97. The van der Waals surface area contributed by atoms with Gasteiger partial charge in [0.2, 0.25) is 5.82 Å². The summed E-state index contributed by atoms with van der Waals surface area (Å²) in [7, 11) is 1.44. The molecule has 108 valence electrons. The van der Waals surface area contributed by atoms with Gasteiger partial charge in [-0.05, 0) is 18.2 Å². The summed E-state index contributed by atoms with van der Waals surface area (Å²) in [6, 6.07) is 7.68. The molecule has 0 unspecified atom stereocenters. The molecular formula is C13H12N4O4. The molecule has 8 heteroatoms. The number of para-hydroxylation sites is 1. The summed E-state index contributed by atoms with van der Waals surface area (Å²) >= 11 is 0. The van der Waals surface area contributed by atoms with Crippen molar-refractivity contribution in [3.63, 3.8) is 0 Å². The van der Waals surface area contributed by atoms with Crippen LogP contribution in [0.3, 0.4) is 0 Å². The third-order valence-corrected chi connectivity index (χ3v) is 2.61. The van der Waals surface area contributed by atoms with Crippen LogP contribution in [-0.4, -0.2) is 28.3 Å². The van der Waals surface area contributed by atoms with Crippen LogP contribution in [-0.2, 0) is 0 Å². The fourth-order valence-corrected chi connectivity index (χ4v) is 1.60. The zero-order valence-corrected chi connectivity index (χ0v) is 11.1. The van der Waals surface area contributed by atoms with Gasteiger partial charge in [0.1, 0.15) is 0 Å². The topological polar surface area (TPSA) is 110 Å². The number of methoxy groups -OCH3 is 1. The molecule has 0 saturated carbocycles. The number of anilines is 1. The number of benzene rings is 1. The van der Waals surface area contributed by atoms with E-state index in [1.807, 2.05) is 0 Å². The monoisotopic (exact) mass is 288 g/mol. The van der Waals surface area contributed by atoms with Gasteiger partial charge in [-0.15, -0.1) is 0 Å². The van der Waals surface area contributed by atoms with Gasteiger partial charge in [0.25, 0.3) is 0 Å². The van der Waals surface area contributed by atoms with Gasteiger partial charge in [0.05, 0.1) is 18.2 Å². The fraction of sp³-hybridized carbons (Fsp3) is 0.0769. The molecule has 0 saturated heterocycles. The Morgan fingerprint density at radius 3 is 2.95 bits per heavy atom. The molecule has 1 aromatic heterocycles. The summed E-state index contributed by atoms with van der Waals surface area (Å²) in [6.45, 7) is 0. The van der Waals surface area contributed by atoms with Crippen LogP contribution in [0.4, 0.5) is 11.5 Å². The molecule has 1 aromatic carbocycles. The summed E-state index contributed by atoms with van der Waals surface area (Å²) in [4.78, 5) is 14.1. The van der Waals surface area contributed by atoms with Crippen molar-refractivity contribution in [1.29, 1.82) is 0 Å². The maximum atomic E-state index is 10.8. The van der Waals surface area contributed by atoms with E-state index in [1.54, 1.807) is 18.2 Å². The third-order valence-electron chi connectivity index (χ3n) is 2.61. The minimum Gasteiger partial charge on any atom is -0.504 e. The number of pyridine rings is 1. The molecular weight excluding hydrogens is 276 g/mol. The van der Waals surface area contributed by atoms with E-state index >= 15 is 0 Å². The predicted molar refractivity (Wildman–Crippen MR) is 76.8 cm³/mol. The number of ether oxygens (including phenoxy) is 1. The molecule has 0 amide bonds. The number of nitrogens with zero attached hydrogens (tertiary/aromatic N) is 3. The molecule has 0 aliphatic carbocycles. The number of aromatic nitrogens is 1. The average Bonchev–Trinajstić information content (AvgIpc) is 2.49. The van der Waals surface area contributed by atoms with E-state index in [1.165, 1.54) is 31.7 Å². The van der Waals surface area contributed by atoms with Gasteiger partial charge >= 0.3 is 5.69 Å². The number of hydrogen-bond donors (Lipinski definition) is 2. The Kier molecular flexibility index (Phi) is 4.30. The van der Waals surface area contributed by atoms with Crippen LogP contribution in [0.1, 0.15) is 5.56 Å². The number of rotatable bonds is 5. The van der Waals surface area contributed by atoms with Crippen molar-refractivity contribution in [2.45, 2.75) is 0 Å². The molecule has 2 rings (SSSR count). The van der Waals surface area contributed by atoms with Gasteiger partial charge in [-0.3, -0.25) is 15.5 Å². The van der Waals surface area contributed by atoms with E-state index in [0.29, 0.717) is 11.3 Å². The number of nitrogens with one attached hydrogen (secondary N) is 1. The zero-order chi connectivity index (χ0) is 15.2. The first-order valence-corrected chi connectivity index (χ1v) is 5.88. The van der Waals surface area contributed by atoms with E-state index < -0.39 is 4.92 Å². The molecule has 0 radical (unpaired) electrons. The lowest BCUT2D eigenvalue weighted by Crippen LogP contribution is -1.99. The smallest absolute Gasteiger partial charge is 0.313 e. The second-order valence-corrected chi connectivity index (χ2v) is 3.90. The quantitative estimate of drug-likeness (QED) is 0.495. The zero-order valence-electron chi connectivity index (χ0n) is 11.1. The summed E-state index contributed by atoms with van der Waals surface area (Å²) in [5.74, 6) is 0.255. The molecule has 0 atom stereocenters. The Balaban J connectivity index is 2.19. The molecule has 1 heterocycles. The molecule has 21 heavy (non-hydrogen) atoms. The lowest BCUT2D eigenvalue weighted by molar-refractivity contribution is -0.384. The van der Waals surface area contributed by atoms with E-state index in [9.17, 15) is 15.2 Å². The van der Waals surface area contributed by atoms with Gasteiger partial charge < -0.3 is 9.84 Å². The van der Waals surface area contributed by atoms with E-state index in [2.05, 4.69) is 15.5 Å². The Morgan fingerprint density at radius 2 is 2.24 bits per heavy atom. The molecule has 0 bridgehead atoms. The highest BCUT2D eigenvalue weighted by molar-refractivity contribution is 5.85. The van der Waals surface area contributed by atoms with Crippen LogP contribution in [0, 0.1) is 10.1 Å². The maximum Gasteiger partial charge on any atom is 0.313 e. The van der Waals surface area contributed by atoms with Crippen molar-refractivity contribution in [1.82, 2.24) is 4.98 Å². The number of nitro groups is 1. The van der Waals surface area contributed by atoms with Crippen molar-refractivity contribution < 1.29 is 14.8 Å². The SMILES string of the molecule is COc1cccc(/C=N/Nc2ncccc2[N+](=O)[O-])c1O. The highest BCUT2D eigenvalue weighted by Gasteiger charge is 2.13. The lowest BCUT2D eigenvalue weighted by Gasteiger charge is -2.05. The minimum absolute atomic E-state index is 0.0149. The standard InChI is InChI=1S/C13H12N4O4/c1-21-11-6-2-4-9(12(11)18)8-15-16-13-10(17(19)20)5-3-7-14-13/h2-8,18H,1H3,(H,14,16)/b15-8+. The number of aromatic hydroxyl groups is 1. The number of hydrazone groups is 1. The van der Waals surface area contributed by atoms with Gasteiger partial charge in [0.15, 0.2) is 11.5 Å². The van der Waals surface area contributed by atoms with Crippen molar-refractivity contribution in [2.75, 3.05) is 12.5 Å². The minimum atomic E-state index is -0.562. The van der Waals surface area contributed by atoms with Crippen LogP contribution in [0.5, 0.6) is 11.5 Å². The predicted octanol–water partition coefficient (Wildman–Crippen LogP) is 2.15. The van der Waals surface area contributed by atoms with E-state index in [4.69, 9.17) is 4.74 Å². The van der Waals surface area contributed by atoms with E-state index in [0.717, 1.165) is 0 Å². The molecule has 0 spiro atoms. The Bertz CT molecular complexity index is 688. The number of phenols is 1. The Labute approximate surface area is 119 Å². The van der Waals surface area contributed by atoms with Gasteiger partial charge in [0, 0.05) is 17.8 Å². The van der Waals surface area contributed by atoms with Crippen molar-refractivity contribution in [2.24, 2.45) is 5.10 Å². The van der Waals surface area contributed by atoms with Gasteiger partial charge in [-0.25, -0.2) is 4.98 Å². The normalized spacial score (nSPS) is 10.5. The van der Waals surface area contributed by atoms with Crippen LogP contribution in [0.15, 0.2) is 41.6 Å². The van der Waals surface area contributed by atoms with Crippen molar-refractivity contribution >= 4 is 17.7 Å². The number of hydrogen-bond acceptors (Lipinski definition) is 7. The molecule has 0 aliphatic rings. The Morgan fingerprint density at radius 1 is 1.43 bits per heavy atom. The van der Waals surface area contributed by atoms with Gasteiger partial charge in [-0.2, -0.15) is 5.10 Å². The number of phenolic OH excluding ortho intramolecular Hbond substituents is 1. The highest BCUT2D eigenvalue weighted by Crippen LogP contribution is 2.28. The van der Waals surface area contributed by atoms with Crippen LogP contribution < -0.4 is 10.2 Å². The average molecular weight is 288 g/mol. The largest absolute Gasteiger partial charge is 0.504 e. The Hall–Kier alpha value is -3.16.